The van der Waals surface area contributed by atoms with E-state index in [0.29, 0.717) is 16.1 Å². The SMILES string of the molecule is Cc1cc(F)c(C(=O)c2ccc(Cl)cc2C)cc1F. The van der Waals surface area contributed by atoms with Gasteiger partial charge in [-0.2, -0.15) is 0 Å². The predicted octanol–water partition coefficient (Wildman–Crippen LogP) is 4.47. The Morgan fingerprint density at radius 3 is 2.26 bits per heavy atom. The Morgan fingerprint density at radius 1 is 0.947 bits per heavy atom. The van der Waals surface area contributed by atoms with Crippen LogP contribution in [0.4, 0.5) is 8.78 Å². The molecule has 0 heterocycles. The molecule has 0 atom stereocenters. The van der Waals surface area contributed by atoms with Gasteiger partial charge in [0.25, 0.3) is 0 Å². The molecule has 0 fully saturated rings. The van der Waals surface area contributed by atoms with Crippen molar-refractivity contribution in [3.8, 4) is 0 Å². The molecular weight excluding hydrogens is 270 g/mol. The Balaban J connectivity index is 2.53. The maximum absolute atomic E-state index is 13.8. The van der Waals surface area contributed by atoms with E-state index in [9.17, 15) is 13.6 Å². The van der Waals surface area contributed by atoms with Gasteiger partial charge in [0.15, 0.2) is 5.78 Å². The van der Waals surface area contributed by atoms with Crippen LogP contribution in [-0.2, 0) is 0 Å². The number of halogens is 3. The molecule has 0 aliphatic heterocycles. The molecule has 98 valence electrons. The van der Waals surface area contributed by atoms with Crippen molar-refractivity contribution >= 4 is 17.4 Å². The average molecular weight is 281 g/mol. The van der Waals surface area contributed by atoms with Crippen LogP contribution in [0.25, 0.3) is 0 Å². The first kappa shape index (κ1) is 13.7. The number of hydrogen-bond donors (Lipinski definition) is 0. The van der Waals surface area contributed by atoms with Crippen LogP contribution in [-0.4, -0.2) is 5.78 Å². The molecule has 0 bridgehead atoms. The van der Waals surface area contributed by atoms with Gasteiger partial charge in [-0.15, -0.1) is 0 Å². The number of carbonyl (C=O) groups excluding carboxylic acids is 1. The number of benzene rings is 2. The fourth-order valence-electron chi connectivity index (χ4n) is 1.85. The molecule has 0 aliphatic rings. The summed E-state index contributed by atoms with van der Waals surface area (Å²) in [6.07, 6.45) is 0. The highest BCUT2D eigenvalue weighted by atomic mass is 35.5. The van der Waals surface area contributed by atoms with Crippen LogP contribution in [0.2, 0.25) is 5.02 Å². The minimum absolute atomic E-state index is 0.168. The molecule has 4 heteroatoms. The van der Waals surface area contributed by atoms with E-state index in [1.807, 2.05) is 0 Å². The third-order valence-electron chi connectivity index (χ3n) is 2.93. The minimum atomic E-state index is -0.724. The second kappa shape index (κ2) is 5.10. The van der Waals surface area contributed by atoms with Gasteiger partial charge in [-0.25, -0.2) is 8.78 Å². The van der Waals surface area contributed by atoms with Crippen molar-refractivity contribution in [3.63, 3.8) is 0 Å². The Labute approximate surface area is 114 Å². The van der Waals surface area contributed by atoms with Gasteiger partial charge in [0.05, 0.1) is 5.56 Å². The average Bonchev–Trinajstić information content (AvgIpc) is 2.33. The second-order valence-electron chi connectivity index (χ2n) is 4.37. The summed E-state index contributed by atoms with van der Waals surface area (Å²) in [7, 11) is 0. The molecule has 0 N–H and O–H groups in total. The first-order valence-corrected chi connectivity index (χ1v) is 6.04. The predicted molar refractivity (Wildman–Crippen MR) is 70.7 cm³/mol. The highest BCUT2D eigenvalue weighted by Crippen LogP contribution is 2.21. The number of hydrogen-bond acceptors (Lipinski definition) is 1. The Kier molecular flexibility index (Phi) is 3.67. The largest absolute Gasteiger partial charge is 0.288 e. The van der Waals surface area contributed by atoms with Gasteiger partial charge < -0.3 is 0 Å². The van der Waals surface area contributed by atoms with Crippen molar-refractivity contribution in [3.05, 3.63) is 69.2 Å². The lowest BCUT2D eigenvalue weighted by atomic mass is 9.98. The van der Waals surface area contributed by atoms with E-state index in [2.05, 4.69) is 0 Å². The van der Waals surface area contributed by atoms with Crippen LogP contribution >= 0.6 is 11.6 Å². The Hall–Kier alpha value is -1.74. The highest BCUT2D eigenvalue weighted by molar-refractivity contribution is 6.30. The quantitative estimate of drug-likeness (QED) is 0.742. The molecule has 1 nitrogen and oxygen atoms in total. The van der Waals surface area contributed by atoms with E-state index in [-0.39, 0.29) is 11.1 Å². The summed E-state index contributed by atoms with van der Waals surface area (Å²) >= 11 is 5.80. The molecule has 19 heavy (non-hydrogen) atoms. The molecule has 0 radical (unpaired) electrons. The lowest BCUT2D eigenvalue weighted by molar-refractivity contribution is 0.103. The molecule has 2 rings (SSSR count). The van der Waals surface area contributed by atoms with Crippen LogP contribution in [0.1, 0.15) is 27.0 Å². The van der Waals surface area contributed by atoms with Crippen molar-refractivity contribution in [2.45, 2.75) is 13.8 Å². The normalized spacial score (nSPS) is 10.6. The van der Waals surface area contributed by atoms with Crippen LogP contribution < -0.4 is 0 Å². The highest BCUT2D eigenvalue weighted by Gasteiger charge is 2.18. The summed E-state index contributed by atoms with van der Waals surface area (Å²) in [5, 5.41) is 0.490. The van der Waals surface area contributed by atoms with E-state index in [4.69, 9.17) is 11.6 Å². The first-order chi connectivity index (χ1) is 8.90. The standard InChI is InChI=1S/C15H11ClF2O/c1-8-5-10(16)3-4-11(8)15(19)12-7-13(17)9(2)6-14(12)18/h3-7H,1-2H3. The maximum Gasteiger partial charge on any atom is 0.196 e. The molecule has 0 saturated heterocycles. The van der Waals surface area contributed by atoms with Gasteiger partial charge in [-0.05, 0) is 55.3 Å². The summed E-state index contributed by atoms with van der Waals surface area (Å²) < 4.78 is 27.2. The number of aryl methyl sites for hydroxylation is 2. The summed E-state index contributed by atoms with van der Waals surface area (Å²) in [5.74, 6) is -1.87. The monoisotopic (exact) mass is 280 g/mol. The lowest BCUT2D eigenvalue weighted by Gasteiger charge is -2.08. The van der Waals surface area contributed by atoms with E-state index in [1.165, 1.54) is 13.0 Å². The van der Waals surface area contributed by atoms with Crippen molar-refractivity contribution < 1.29 is 13.6 Å². The fourth-order valence-corrected chi connectivity index (χ4v) is 2.07. The van der Waals surface area contributed by atoms with E-state index >= 15 is 0 Å². The van der Waals surface area contributed by atoms with Crippen molar-refractivity contribution in [1.29, 1.82) is 0 Å². The van der Waals surface area contributed by atoms with Crippen LogP contribution in [0, 0.1) is 25.5 Å². The number of rotatable bonds is 2. The molecule has 0 aromatic heterocycles. The third kappa shape index (κ3) is 2.66. The van der Waals surface area contributed by atoms with Crippen molar-refractivity contribution in [1.82, 2.24) is 0 Å². The lowest BCUT2D eigenvalue weighted by Crippen LogP contribution is -2.07. The molecule has 0 unspecified atom stereocenters. The Morgan fingerprint density at radius 2 is 1.63 bits per heavy atom. The van der Waals surface area contributed by atoms with Gasteiger partial charge in [-0.3, -0.25) is 4.79 Å². The molecule has 2 aromatic rings. The van der Waals surface area contributed by atoms with Gasteiger partial charge >= 0.3 is 0 Å². The summed E-state index contributed by atoms with van der Waals surface area (Å²) in [4.78, 5) is 12.2. The smallest absolute Gasteiger partial charge is 0.196 e. The second-order valence-corrected chi connectivity index (χ2v) is 4.81. The number of carbonyl (C=O) groups is 1. The molecular formula is C15H11ClF2O. The summed E-state index contributed by atoms with van der Waals surface area (Å²) in [6, 6.07) is 6.62. The van der Waals surface area contributed by atoms with E-state index in [1.54, 1.807) is 19.1 Å². The van der Waals surface area contributed by atoms with Gasteiger partial charge in [-0.1, -0.05) is 11.6 Å². The topological polar surface area (TPSA) is 17.1 Å². The van der Waals surface area contributed by atoms with Gasteiger partial charge in [0, 0.05) is 10.6 Å². The van der Waals surface area contributed by atoms with E-state index in [0.717, 1.165) is 12.1 Å². The first-order valence-electron chi connectivity index (χ1n) is 5.66. The summed E-state index contributed by atoms with van der Waals surface area (Å²) in [6.45, 7) is 3.14. The van der Waals surface area contributed by atoms with Crippen molar-refractivity contribution in [2.75, 3.05) is 0 Å². The molecule has 0 amide bonds. The third-order valence-corrected chi connectivity index (χ3v) is 3.16. The summed E-state index contributed by atoms with van der Waals surface area (Å²) in [5.41, 5.74) is 0.833. The number of ketones is 1. The molecule has 0 spiro atoms. The molecule has 0 aliphatic carbocycles. The van der Waals surface area contributed by atoms with Crippen LogP contribution in [0.5, 0.6) is 0 Å². The zero-order valence-corrected chi connectivity index (χ0v) is 11.2. The minimum Gasteiger partial charge on any atom is -0.288 e. The van der Waals surface area contributed by atoms with Gasteiger partial charge in [0.2, 0.25) is 0 Å². The maximum atomic E-state index is 13.8. The van der Waals surface area contributed by atoms with Crippen LogP contribution in [0.3, 0.4) is 0 Å². The van der Waals surface area contributed by atoms with E-state index < -0.39 is 17.4 Å². The fraction of sp³-hybridized carbons (Fsp3) is 0.133. The molecule has 2 aromatic carbocycles. The Bertz CT molecular complexity index is 665. The molecule has 0 saturated carbocycles. The zero-order valence-electron chi connectivity index (χ0n) is 10.4. The van der Waals surface area contributed by atoms with Crippen molar-refractivity contribution in [2.24, 2.45) is 0 Å². The van der Waals surface area contributed by atoms with Gasteiger partial charge in [0.1, 0.15) is 11.6 Å². The zero-order chi connectivity index (χ0) is 14.2. The van der Waals surface area contributed by atoms with Crippen LogP contribution in [0.15, 0.2) is 30.3 Å².